The average molecular weight is 430 g/mol. The minimum Gasteiger partial charge on any atom is -0.497 e. The average Bonchev–Trinajstić information content (AvgIpc) is 2.72. The molecule has 3 rings (SSSR count). The molecule has 5 nitrogen and oxygen atoms in total. The Morgan fingerprint density at radius 1 is 0.935 bits per heavy atom. The van der Waals surface area contributed by atoms with Crippen LogP contribution in [0.4, 0.5) is 24.5 Å². The van der Waals surface area contributed by atoms with E-state index in [1.165, 1.54) is 13.0 Å². The van der Waals surface area contributed by atoms with Gasteiger partial charge in [-0.2, -0.15) is 13.2 Å². The molecule has 162 valence electrons. The molecule has 3 aromatic carbocycles. The molecule has 0 fully saturated rings. The number of amides is 2. The Balaban J connectivity index is 1.86. The van der Waals surface area contributed by atoms with Gasteiger partial charge in [-0.25, -0.2) is 0 Å². The number of carbonyl (C=O) groups excluding carboxylic acids is 2. The van der Waals surface area contributed by atoms with E-state index in [1.807, 2.05) is 24.3 Å². The summed E-state index contributed by atoms with van der Waals surface area (Å²) in [5, 5.41) is 6.48. The van der Waals surface area contributed by atoms with Crippen LogP contribution in [0.2, 0.25) is 0 Å². The Kier molecular flexibility index (Phi) is 6.19. The smallest absolute Gasteiger partial charge is 0.418 e. The lowest BCUT2D eigenvalue weighted by molar-refractivity contribution is -0.137. The molecule has 0 heterocycles. The number of hydrogen-bond donors (Lipinski definition) is 2. The zero-order chi connectivity index (χ0) is 22.8. The number of halogens is 3. The maximum absolute atomic E-state index is 13.5. The Bertz CT molecular complexity index is 1140. The minimum absolute atomic E-state index is 0.00386. The highest BCUT2D eigenvalue weighted by molar-refractivity contribution is 5.98. The lowest BCUT2D eigenvalue weighted by Crippen LogP contribution is -2.21. The van der Waals surface area contributed by atoms with Crippen LogP contribution in [0, 0.1) is 0 Å². The molecule has 1 atom stereocenters. The Morgan fingerprint density at radius 3 is 2.26 bits per heavy atom. The maximum atomic E-state index is 13.5. The number of anilines is 2. The van der Waals surface area contributed by atoms with Crippen molar-refractivity contribution in [3.63, 3.8) is 0 Å². The number of fused-ring (bicyclic) bond motifs is 1. The molecule has 0 spiro atoms. The van der Waals surface area contributed by atoms with E-state index >= 15 is 0 Å². The van der Waals surface area contributed by atoms with Crippen LogP contribution in [0.5, 0.6) is 5.75 Å². The molecule has 0 unspecified atom stereocenters. The quantitative estimate of drug-likeness (QED) is 0.556. The summed E-state index contributed by atoms with van der Waals surface area (Å²) in [6.07, 6.45) is -4.71. The van der Waals surface area contributed by atoms with E-state index in [4.69, 9.17) is 4.74 Å². The molecule has 2 amide bonds. The summed E-state index contributed by atoms with van der Waals surface area (Å²) in [6.45, 7) is 2.82. The molecule has 0 bridgehead atoms. The van der Waals surface area contributed by atoms with Gasteiger partial charge in [0.2, 0.25) is 11.8 Å². The van der Waals surface area contributed by atoms with Crippen molar-refractivity contribution in [3.05, 3.63) is 65.7 Å². The van der Waals surface area contributed by atoms with Crippen molar-refractivity contribution in [1.29, 1.82) is 0 Å². The van der Waals surface area contributed by atoms with Crippen LogP contribution < -0.4 is 15.4 Å². The lowest BCUT2D eigenvalue weighted by atomic mass is 9.96. The number of alkyl halides is 3. The molecule has 0 saturated heterocycles. The molecule has 0 saturated carbocycles. The molecular formula is C23H21F3N2O3. The zero-order valence-corrected chi connectivity index (χ0v) is 17.1. The van der Waals surface area contributed by atoms with Gasteiger partial charge in [-0.1, -0.05) is 24.3 Å². The van der Waals surface area contributed by atoms with Gasteiger partial charge in [0.25, 0.3) is 0 Å². The fourth-order valence-electron chi connectivity index (χ4n) is 3.20. The van der Waals surface area contributed by atoms with Crippen LogP contribution in [-0.2, 0) is 15.8 Å². The van der Waals surface area contributed by atoms with Crippen LogP contribution in [0.15, 0.2) is 54.6 Å². The third kappa shape index (κ3) is 5.14. The fourth-order valence-corrected chi connectivity index (χ4v) is 3.20. The van der Waals surface area contributed by atoms with Crippen molar-refractivity contribution in [2.24, 2.45) is 0 Å². The monoisotopic (exact) mass is 430 g/mol. The second-order valence-electron chi connectivity index (χ2n) is 7.12. The largest absolute Gasteiger partial charge is 0.497 e. The summed E-state index contributed by atoms with van der Waals surface area (Å²) in [5.74, 6) is -1.06. The minimum atomic E-state index is -4.71. The highest BCUT2D eigenvalue weighted by atomic mass is 19.4. The summed E-state index contributed by atoms with van der Waals surface area (Å²) < 4.78 is 45.7. The van der Waals surface area contributed by atoms with E-state index in [0.717, 1.165) is 22.9 Å². The molecule has 0 aliphatic heterocycles. The van der Waals surface area contributed by atoms with E-state index in [0.29, 0.717) is 11.3 Å². The molecule has 0 aliphatic carbocycles. The zero-order valence-electron chi connectivity index (χ0n) is 17.1. The number of benzene rings is 3. The second kappa shape index (κ2) is 8.67. The van der Waals surface area contributed by atoms with Gasteiger partial charge in [0, 0.05) is 12.6 Å². The first-order chi connectivity index (χ1) is 14.6. The van der Waals surface area contributed by atoms with E-state index < -0.39 is 29.5 Å². The van der Waals surface area contributed by atoms with E-state index in [2.05, 4.69) is 10.6 Å². The summed E-state index contributed by atoms with van der Waals surface area (Å²) in [6, 6.07) is 14.2. The summed E-state index contributed by atoms with van der Waals surface area (Å²) in [7, 11) is 1.57. The first-order valence-corrected chi connectivity index (χ1v) is 9.46. The number of hydrogen-bond acceptors (Lipinski definition) is 3. The van der Waals surface area contributed by atoms with E-state index in [-0.39, 0.29) is 11.4 Å². The summed E-state index contributed by atoms with van der Waals surface area (Å²) in [5.41, 5.74) is -0.747. The van der Waals surface area contributed by atoms with Gasteiger partial charge < -0.3 is 15.4 Å². The maximum Gasteiger partial charge on any atom is 0.418 e. The Labute approximate surface area is 177 Å². The SMILES string of the molecule is COc1ccc2cc([C@H](C)C(=O)Nc3ccc(NC(C)=O)cc3C(F)(F)F)ccc2c1. The number of carbonyl (C=O) groups is 2. The highest BCUT2D eigenvalue weighted by Crippen LogP contribution is 2.37. The Morgan fingerprint density at radius 2 is 1.61 bits per heavy atom. The van der Waals surface area contributed by atoms with Crippen LogP contribution in [0.25, 0.3) is 10.8 Å². The van der Waals surface area contributed by atoms with Crippen LogP contribution >= 0.6 is 0 Å². The van der Waals surface area contributed by atoms with Gasteiger partial charge in [-0.05, 0) is 53.6 Å². The third-order valence-electron chi connectivity index (χ3n) is 4.87. The first kappa shape index (κ1) is 22.1. The number of nitrogens with one attached hydrogen (secondary N) is 2. The van der Waals surface area contributed by atoms with Crippen molar-refractivity contribution in [2.45, 2.75) is 25.9 Å². The standard InChI is InChI=1S/C23H21F3N2O3/c1-13(15-4-5-17-11-19(31-3)8-6-16(17)10-15)22(30)28-21-9-7-18(27-14(2)29)12-20(21)23(24,25)26/h4-13H,1-3H3,(H,27,29)(H,28,30)/t13-/m0/s1. The van der Waals surface area contributed by atoms with Crippen LogP contribution in [0.1, 0.15) is 30.9 Å². The molecule has 2 N–H and O–H groups in total. The van der Waals surface area contributed by atoms with Crippen molar-refractivity contribution < 1.29 is 27.5 Å². The van der Waals surface area contributed by atoms with Crippen LogP contribution in [0.3, 0.4) is 0 Å². The molecule has 8 heteroatoms. The van der Waals surface area contributed by atoms with Gasteiger partial charge in [0.15, 0.2) is 0 Å². The molecule has 0 radical (unpaired) electrons. The molecule has 0 aromatic heterocycles. The first-order valence-electron chi connectivity index (χ1n) is 9.46. The molecule has 3 aromatic rings. The lowest BCUT2D eigenvalue weighted by Gasteiger charge is -2.18. The van der Waals surface area contributed by atoms with Crippen molar-refractivity contribution >= 4 is 34.0 Å². The number of rotatable bonds is 5. The topological polar surface area (TPSA) is 67.4 Å². The molecular weight excluding hydrogens is 409 g/mol. The van der Waals surface area contributed by atoms with Gasteiger partial charge in [-0.15, -0.1) is 0 Å². The number of methoxy groups -OCH3 is 1. The predicted molar refractivity (Wildman–Crippen MR) is 113 cm³/mol. The fraction of sp³-hybridized carbons (Fsp3) is 0.217. The van der Waals surface area contributed by atoms with E-state index in [9.17, 15) is 22.8 Å². The summed E-state index contributed by atoms with van der Waals surface area (Å²) in [4.78, 5) is 23.9. The van der Waals surface area contributed by atoms with Gasteiger partial charge in [0.05, 0.1) is 24.3 Å². The van der Waals surface area contributed by atoms with E-state index in [1.54, 1.807) is 26.2 Å². The van der Waals surface area contributed by atoms with Crippen molar-refractivity contribution in [1.82, 2.24) is 0 Å². The molecule has 31 heavy (non-hydrogen) atoms. The predicted octanol–water partition coefficient (Wildman–Crippen LogP) is 5.57. The second-order valence-corrected chi connectivity index (χ2v) is 7.12. The third-order valence-corrected chi connectivity index (χ3v) is 4.87. The Hall–Kier alpha value is -3.55. The normalized spacial score (nSPS) is 12.3. The molecule has 0 aliphatic rings. The van der Waals surface area contributed by atoms with Gasteiger partial charge in [-0.3, -0.25) is 9.59 Å². The number of ether oxygens (including phenoxy) is 1. The van der Waals surface area contributed by atoms with Crippen molar-refractivity contribution in [3.8, 4) is 5.75 Å². The van der Waals surface area contributed by atoms with Gasteiger partial charge >= 0.3 is 6.18 Å². The van der Waals surface area contributed by atoms with Crippen LogP contribution in [-0.4, -0.2) is 18.9 Å². The summed E-state index contributed by atoms with van der Waals surface area (Å²) >= 11 is 0. The van der Waals surface area contributed by atoms with Crippen molar-refractivity contribution in [2.75, 3.05) is 17.7 Å². The van der Waals surface area contributed by atoms with Gasteiger partial charge in [0.1, 0.15) is 5.75 Å². The highest BCUT2D eigenvalue weighted by Gasteiger charge is 2.34.